The molecule has 1 aliphatic rings. The minimum absolute atomic E-state index is 0.252. The first-order valence-corrected chi connectivity index (χ1v) is 12.5. The second kappa shape index (κ2) is 10.9. The Morgan fingerprint density at radius 1 is 1.14 bits per heavy atom. The number of benzene rings is 2. The van der Waals surface area contributed by atoms with E-state index in [1.54, 1.807) is 23.7 Å². The molecule has 1 atom stereocenters. The van der Waals surface area contributed by atoms with Crippen molar-refractivity contribution in [1.29, 1.82) is 0 Å². The van der Waals surface area contributed by atoms with Crippen molar-refractivity contribution in [2.75, 3.05) is 18.5 Å². The molecule has 2 aromatic carbocycles. The number of carbonyl (C=O) groups is 1. The molecule has 0 fully saturated rings. The van der Waals surface area contributed by atoms with Crippen molar-refractivity contribution in [3.8, 4) is 11.5 Å². The van der Waals surface area contributed by atoms with Crippen molar-refractivity contribution < 1.29 is 19.0 Å². The van der Waals surface area contributed by atoms with Crippen LogP contribution in [0.5, 0.6) is 11.5 Å². The molecule has 3 aromatic rings. The summed E-state index contributed by atoms with van der Waals surface area (Å²) in [5, 5.41) is 8.41. The van der Waals surface area contributed by atoms with Crippen molar-refractivity contribution in [2.24, 2.45) is 0 Å². The zero-order valence-corrected chi connectivity index (χ0v) is 22.4. The van der Waals surface area contributed by atoms with Crippen LogP contribution >= 0.6 is 39.1 Å². The van der Waals surface area contributed by atoms with Gasteiger partial charge in [-0.1, -0.05) is 29.3 Å². The molecule has 0 amide bonds. The second-order valence-corrected chi connectivity index (χ2v) is 9.28. The summed E-state index contributed by atoms with van der Waals surface area (Å²) in [6, 6.07) is 8.47. The summed E-state index contributed by atoms with van der Waals surface area (Å²) in [6.45, 7) is 6.38. The van der Waals surface area contributed by atoms with E-state index in [0.29, 0.717) is 49.8 Å². The molecule has 0 saturated carbocycles. The summed E-state index contributed by atoms with van der Waals surface area (Å²) in [5.41, 5.74) is 2.68. The topological polar surface area (TPSA) is 87.5 Å². The number of halogens is 3. The van der Waals surface area contributed by atoms with Crippen molar-refractivity contribution in [3.63, 3.8) is 0 Å². The number of allylic oxidation sites excluding steroid dienone is 1. The number of nitrogens with zero attached hydrogens (tertiary/aromatic N) is 3. The van der Waals surface area contributed by atoms with Crippen LogP contribution in [0.25, 0.3) is 0 Å². The number of aromatic nitrogens is 3. The third-order valence-corrected chi connectivity index (χ3v) is 6.63. The molecule has 2 heterocycles. The number of hydrogen-bond acceptors (Lipinski definition) is 7. The number of anilines is 1. The van der Waals surface area contributed by atoms with E-state index in [1.165, 1.54) is 6.33 Å². The van der Waals surface area contributed by atoms with E-state index in [-0.39, 0.29) is 13.2 Å². The number of hydrogen-bond donors (Lipinski definition) is 1. The third kappa shape index (κ3) is 5.27. The van der Waals surface area contributed by atoms with E-state index >= 15 is 0 Å². The summed E-state index contributed by atoms with van der Waals surface area (Å²) < 4.78 is 19.7. The van der Waals surface area contributed by atoms with E-state index in [2.05, 4.69) is 31.3 Å². The lowest BCUT2D eigenvalue weighted by molar-refractivity contribution is -0.139. The van der Waals surface area contributed by atoms with Crippen LogP contribution in [0.4, 0.5) is 5.95 Å². The molecule has 0 saturated heterocycles. The van der Waals surface area contributed by atoms with Crippen molar-refractivity contribution in [2.45, 2.75) is 33.4 Å². The number of fused-ring (bicyclic) bond motifs is 1. The Labute approximate surface area is 221 Å². The highest BCUT2D eigenvalue weighted by Crippen LogP contribution is 2.43. The largest absolute Gasteiger partial charge is 0.490 e. The highest BCUT2D eigenvalue weighted by atomic mass is 79.9. The lowest BCUT2D eigenvalue weighted by atomic mass is 9.95. The van der Waals surface area contributed by atoms with Gasteiger partial charge in [-0.15, -0.1) is 0 Å². The fraction of sp³-hybridized carbons (Fsp3) is 0.292. The lowest BCUT2D eigenvalue weighted by Crippen LogP contribution is -2.29. The van der Waals surface area contributed by atoms with Crippen LogP contribution < -0.4 is 14.8 Å². The molecule has 1 unspecified atom stereocenters. The summed E-state index contributed by atoms with van der Waals surface area (Å²) in [4.78, 5) is 17.2. The first-order chi connectivity index (χ1) is 16.8. The van der Waals surface area contributed by atoms with Crippen LogP contribution in [0, 0.1) is 0 Å². The summed E-state index contributed by atoms with van der Waals surface area (Å²) in [7, 11) is 0. The van der Waals surface area contributed by atoms with Gasteiger partial charge >= 0.3 is 5.97 Å². The van der Waals surface area contributed by atoms with E-state index in [9.17, 15) is 4.79 Å². The van der Waals surface area contributed by atoms with Gasteiger partial charge in [0.25, 0.3) is 0 Å². The number of ether oxygens (including phenoxy) is 3. The van der Waals surface area contributed by atoms with Gasteiger partial charge in [0, 0.05) is 5.70 Å². The van der Waals surface area contributed by atoms with Crippen LogP contribution in [0.2, 0.25) is 10.0 Å². The number of nitrogens with one attached hydrogen (secondary N) is 1. The Kier molecular flexibility index (Phi) is 7.88. The molecule has 0 spiro atoms. The first-order valence-electron chi connectivity index (χ1n) is 10.9. The van der Waals surface area contributed by atoms with Crippen LogP contribution in [-0.2, 0) is 16.1 Å². The fourth-order valence-electron chi connectivity index (χ4n) is 3.81. The average Bonchev–Trinajstić information content (AvgIpc) is 3.28. The Bertz CT molecular complexity index is 1290. The molecule has 184 valence electrons. The normalized spacial score (nSPS) is 14.9. The first kappa shape index (κ1) is 25.3. The van der Waals surface area contributed by atoms with Gasteiger partial charge in [-0.25, -0.2) is 9.48 Å². The van der Waals surface area contributed by atoms with Gasteiger partial charge in [0.05, 0.1) is 33.3 Å². The summed E-state index contributed by atoms with van der Waals surface area (Å²) in [6.07, 6.45) is 1.43. The highest BCUT2D eigenvalue weighted by molar-refractivity contribution is 9.10. The number of esters is 1. The van der Waals surface area contributed by atoms with Crippen molar-refractivity contribution in [1.82, 2.24) is 14.8 Å². The van der Waals surface area contributed by atoms with Crippen molar-refractivity contribution >= 4 is 51.0 Å². The predicted molar refractivity (Wildman–Crippen MR) is 137 cm³/mol. The quantitative estimate of drug-likeness (QED) is 0.318. The molecule has 0 aliphatic carbocycles. The zero-order valence-electron chi connectivity index (χ0n) is 19.3. The minimum Gasteiger partial charge on any atom is -0.490 e. The SMILES string of the molecule is CCOC(=O)C1=C(C)Nc2ncnn2C1c1cc(Br)c(OCc2ccc(Cl)c(Cl)c2)c(OCC)c1. The van der Waals surface area contributed by atoms with E-state index in [4.69, 9.17) is 37.4 Å². The fourth-order valence-corrected chi connectivity index (χ4v) is 4.70. The Morgan fingerprint density at radius 2 is 1.94 bits per heavy atom. The van der Waals surface area contributed by atoms with E-state index in [1.807, 2.05) is 32.0 Å². The van der Waals surface area contributed by atoms with E-state index < -0.39 is 12.0 Å². The average molecular weight is 582 g/mol. The Morgan fingerprint density at radius 3 is 2.66 bits per heavy atom. The van der Waals surface area contributed by atoms with Gasteiger partial charge in [0.1, 0.15) is 19.0 Å². The molecule has 1 aromatic heterocycles. The smallest absolute Gasteiger partial charge is 0.338 e. The third-order valence-electron chi connectivity index (χ3n) is 5.30. The van der Waals surface area contributed by atoms with Gasteiger partial charge in [-0.05, 0) is 72.1 Å². The standard InChI is InChI=1S/C24H23BrCl2N4O4/c1-4-33-19-10-15(9-16(25)22(19)35-11-14-6-7-17(26)18(27)8-14)21-20(23(32)34-5-2)13(3)30-24-28-12-29-31(21)24/h6-10,12,21H,4-5,11H2,1-3H3,(H,28,29,30). The maximum atomic E-state index is 12.9. The zero-order chi connectivity index (χ0) is 25.1. The Balaban J connectivity index is 1.74. The summed E-state index contributed by atoms with van der Waals surface area (Å²) >= 11 is 15.8. The molecule has 0 bridgehead atoms. The molecule has 35 heavy (non-hydrogen) atoms. The molecular formula is C24H23BrCl2N4O4. The minimum atomic E-state index is -0.576. The maximum Gasteiger partial charge on any atom is 0.338 e. The van der Waals surface area contributed by atoms with Gasteiger partial charge in [0.2, 0.25) is 5.95 Å². The lowest BCUT2D eigenvalue weighted by Gasteiger charge is -2.29. The molecule has 11 heteroatoms. The Hall–Kier alpha value is -2.75. The number of rotatable bonds is 8. The van der Waals surface area contributed by atoms with Gasteiger partial charge in [-0.3, -0.25) is 0 Å². The molecular weight excluding hydrogens is 559 g/mol. The number of carbonyl (C=O) groups excluding carboxylic acids is 1. The van der Waals surface area contributed by atoms with Gasteiger partial charge in [-0.2, -0.15) is 10.1 Å². The van der Waals surface area contributed by atoms with Crippen LogP contribution in [0.1, 0.15) is 37.9 Å². The molecule has 4 rings (SSSR count). The molecule has 1 N–H and O–H groups in total. The van der Waals surface area contributed by atoms with Crippen molar-refractivity contribution in [3.05, 3.63) is 73.6 Å². The van der Waals surface area contributed by atoms with E-state index in [0.717, 1.165) is 11.1 Å². The summed E-state index contributed by atoms with van der Waals surface area (Å²) in [5.74, 6) is 1.12. The second-order valence-electron chi connectivity index (χ2n) is 7.62. The molecule has 0 radical (unpaired) electrons. The monoisotopic (exact) mass is 580 g/mol. The predicted octanol–water partition coefficient (Wildman–Crippen LogP) is 6.18. The van der Waals surface area contributed by atoms with Crippen LogP contribution in [0.15, 0.2) is 52.4 Å². The highest BCUT2D eigenvalue weighted by Gasteiger charge is 2.35. The molecule has 8 nitrogen and oxygen atoms in total. The van der Waals surface area contributed by atoms with Crippen LogP contribution in [-0.4, -0.2) is 33.9 Å². The molecule has 1 aliphatic heterocycles. The maximum absolute atomic E-state index is 12.9. The van der Waals surface area contributed by atoms with Crippen LogP contribution in [0.3, 0.4) is 0 Å². The van der Waals surface area contributed by atoms with Gasteiger partial charge < -0.3 is 19.5 Å². The van der Waals surface area contributed by atoms with Gasteiger partial charge in [0.15, 0.2) is 11.5 Å².